The monoisotopic (exact) mass is 691 g/mol. The summed E-state index contributed by atoms with van der Waals surface area (Å²) < 4.78 is 0. The van der Waals surface area contributed by atoms with Gasteiger partial charge in [-0.25, -0.2) is 0 Å². The molecule has 10 rings (SSSR count). The van der Waals surface area contributed by atoms with Crippen LogP contribution in [-0.2, 0) is 5.41 Å². The van der Waals surface area contributed by atoms with Gasteiger partial charge in [-0.3, -0.25) is 0 Å². The first-order valence-corrected chi connectivity index (χ1v) is 19.1. The molecule has 1 nitrogen and oxygen atoms in total. The quantitative estimate of drug-likeness (QED) is 0.168. The minimum Gasteiger partial charge on any atom is -0.310 e. The third kappa shape index (κ3) is 5.47. The summed E-state index contributed by atoms with van der Waals surface area (Å²) in [6.45, 7) is 4.76. The largest absolute Gasteiger partial charge is 0.310 e. The van der Waals surface area contributed by atoms with Crippen molar-refractivity contribution in [2.24, 2.45) is 5.92 Å². The van der Waals surface area contributed by atoms with Gasteiger partial charge < -0.3 is 4.90 Å². The molecule has 7 aromatic carbocycles. The number of anilines is 3. The molecule has 3 aliphatic rings. The van der Waals surface area contributed by atoms with E-state index >= 15 is 0 Å². The molecule has 0 heterocycles. The fourth-order valence-electron chi connectivity index (χ4n) is 8.93. The molecule has 0 N–H and O–H groups in total. The Kier molecular flexibility index (Phi) is 7.70. The Labute approximate surface area is 318 Å². The molecule has 0 bridgehead atoms. The van der Waals surface area contributed by atoms with E-state index in [0.717, 1.165) is 17.1 Å². The van der Waals surface area contributed by atoms with Gasteiger partial charge >= 0.3 is 0 Å². The second-order valence-electron chi connectivity index (χ2n) is 15.4. The average molecular weight is 692 g/mol. The van der Waals surface area contributed by atoms with E-state index in [-0.39, 0.29) is 5.41 Å². The third-order valence-corrected chi connectivity index (χ3v) is 11.9. The number of benzene rings is 7. The Balaban J connectivity index is 0.965. The summed E-state index contributed by atoms with van der Waals surface area (Å²) in [6.07, 6.45) is 15.7. The van der Waals surface area contributed by atoms with E-state index < -0.39 is 0 Å². The number of allylic oxidation sites excluding steroid dienone is 8. The Morgan fingerprint density at radius 1 is 0.444 bits per heavy atom. The minimum absolute atomic E-state index is 0.157. The van der Waals surface area contributed by atoms with Crippen molar-refractivity contribution in [3.63, 3.8) is 0 Å². The maximum absolute atomic E-state index is 2.43. The van der Waals surface area contributed by atoms with Gasteiger partial charge in [0, 0.05) is 34.3 Å². The first-order valence-electron chi connectivity index (χ1n) is 19.1. The van der Waals surface area contributed by atoms with Gasteiger partial charge in [0.1, 0.15) is 0 Å². The maximum atomic E-state index is 2.43. The van der Waals surface area contributed by atoms with Crippen molar-refractivity contribution in [3.8, 4) is 33.4 Å². The Morgan fingerprint density at radius 2 is 1.04 bits per heavy atom. The second-order valence-corrected chi connectivity index (χ2v) is 15.4. The molecule has 2 atom stereocenters. The highest BCUT2D eigenvalue weighted by Crippen LogP contribution is 2.52. The zero-order chi connectivity index (χ0) is 36.2. The highest BCUT2D eigenvalue weighted by molar-refractivity contribution is 5.89. The van der Waals surface area contributed by atoms with Crippen LogP contribution in [0.2, 0.25) is 0 Å². The van der Waals surface area contributed by atoms with Gasteiger partial charge in [0.15, 0.2) is 0 Å². The molecule has 0 amide bonds. The lowest BCUT2D eigenvalue weighted by molar-refractivity contribution is 0.660. The van der Waals surface area contributed by atoms with Gasteiger partial charge in [0.2, 0.25) is 0 Å². The van der Waals surface area contributed by atoms with Gasteiger partial charge in [-0.05, 0) is 115 Å². The van der Waals surface area contributed by atoms with Crippen molar-refractivity contribution in [1.29, 1.82) is 0 Å². The minimum atomic E-state index is -0.157. The first-order chi connectivity index (χ1) is 26.5. The lowest BCUT2D eigenvalue weighted by Gasteiger charge is -2.28. The molecule has 0 aromatic heterocycles. The summed E-state index contributed by atoms with van der Waals surface area (Å²) in [7, 11) is 0. The summed E-state index contributed by atoms with van der Waals surface area (Å²) in [5.41, 5.74) is 16.4. The van der Waals surface area contributed by atoms with Gasteiger partial charge in [-0.1, -0.05) is 166 Å². The van der Waals surface area contributed by atoms with E-state index in [1.54, 1.807) is 0 Å². The number of para-hydroxylation sites is 1. The zero-order valence-corrected chi connectivity index (χ0v) is 30.7. The third-order valence-electron chi connectivity index (χ3n) is 11.9. The number of fused-ring (bicyclic) bond motifs is 5. The molecule has 2 unspecified atom stereocenters. The van der Waals surface area contributed by atoms with Crippen LogP contribution in [0.25, 0.3) is 44.2 Å². The number of rotatable bonds is 6. The molecule has 3 aliphatic carbocycles. The normalized spacial score (nSPS) is 17.5. The van der Waals surface area contributed by atoms with Gasteiger partial charge in [-0.2, -0.15) is 0 Å². The van der Waals surface area contributed by atoms with E-state index in [1.807, 2.05) is 0 Å². The molecule has 0 fully saturated rings. The van der Waals surface area contributed by atoms with Crippen LogP contribution in [0.4, 0.5) is 17.1 Å². The Bertz CT molecular complexity index is 2670. The van der Waals surface area contributed by atoms with E-state index in [4.69, 9.17) is 0 Å². The molecule has 0 aliphatic heterocycles. The number of nitrogens with zero attached hydrogens (tertiary/aromatic N) is 1. The Hall–Kier alpha value is -6.44. The van der Waals surface area contributed by atoms with E-state index in [9.17, 15) is 0 Å². The van der Waals surface area contributed by atoms with Crippen molar-refractivity contribution in [2.45, 2.75) is 25.2 Å². The molecule has 0 saturated heterocycles. The number of hydrogen-bond acceptors (Lipinski definition) is 1. The summed E-state index contributed by atoms with van der Waals surface area (Å²) in [5, 5.41) is 2.52. The molecule has 7 aromatic rings. The molecular formula is C53H41N. The molecule has 1 heteroatoms. The van der Waals surface area contributed by atoms with Gasteiger partial charge in [0.25, 0.3) is 0 Å². The van der Waals surface area contributed by atoms with E-state index in [2.05, 4.69) is 219 Å². The fourth-order valence-corrected chi connectivity index (χ4v) is 8.93. The average Bonchev–Trinajstić information content (AvgIpc) is 3.46. The zero-order valence-electron chi connectivity index (χ0n) is 30.7. The van der Waals surface area contributed by atoms with Crippen LogP contribution in [-0.4, -0.2) is 0 Å². The summed E-state index contributed by atoms with van der Waals surface area (Å²) in [4.78, 5) is 2.39. The SMILES string of the molecule is CC1(C)c2cc(-c3ccc(C4C=CC=C5C=CC=CC54)cc3)ccc2-c2ccc(N(c3ccccc3)c3ccc(-c4ccc5ccccc5c4)cc3)cc21. The number of hydrogen-bond donors (Lipinski definition) is 0. The predicted molar refractivity (Wildman–Crippen MR) is 229 cm³/mol. The van der Waals surface area contributed by atoms with Crippen LogP contribution in [0.15, 0.2) is 206 Å². The standard InChI is InChI=1S/C53H41N/c1-53(2)51-34-43(37-19-22-40(23-20-37)48-18-10-14-39-12-8-9-17-47(39)48)27-31-49(51)50-32-30-46(35-52(50)53)54(44-15-4-3-5-16-44)45-28-25-38(26-29-45)42-24-21-36-11-6-7-13-41(36)33-42/h3-35,47-48H,1-2H3. The first kappa shape index (κ1) is 32.2. The lowest BCUT2D eigenvalue weighted by atomic mass is 9.76. The van der Waals surface area contributed by atoms with Crippen molar-refractivity contribution >= 4 is 27.8 Å². The topological polar surface area (TPSA) is 3.24 Å². The van der Waals surface area contributed by atoms with Crippen molar-refractivity contribution in [3.05, 3.63) is 223 Å². The smallest absolute Gasteiger partial charge is 0.0465 e. The highest BCUT2D eigenvalue weighted by atomic mass is 15.1. The van der Waals surface area contributed by atoms with Crippen molar-refractivity contribution < 1.29 is 0 Å². The van der Waals surface area contributed by atoms with Crippen LogP contribution < -0.4 is 4.90 Å². The van der Waals surface area contributed by atoms with Gasteiger partial charge in [0.05, 0.1) is 0 Å². The van der Waals surface area contributed by atoms with Crippen molar-refractivity contribution in [1.82, 2.24) is 0 Å². The van der Waals surface area contributed by atoms with Crippen LogP contribution in [0.5, 0.6) is 0 Å². The predicted octanol–water partition coefficient (Wildman–Crippen LogP) is 14.3. The van der Waals surface area contributed by atoms with Crippen LogP contribution in [0.1, 0.15) is 36.5 Å². The summed E-state index contributed by atoms with van der Waals surface area (Å²) in [6, 6.07) is 58.4. The summed E-state index contributed by atoms with van der Waals surface area (Å²) >= 11 is 0. The highest BCUT2D eigenvalue weighted by Gasteiger charge is 2.36. The van der Waals surface area contributed by atoms with E-state index in [1.165, 1.54) is 66.4 Å². The second kappa shape index (κ2) is 12.9. The molecule has 0 saturated carbocycles. The fraction of sp³-hybridized carbons (Fsp3) is 0.0943. The molecule has 258 valence electrons. The molecule has 54 heavy (non-hydrogen) atoms. The van der Waals surface area contributed by atoms with E-state index in [0.29, 0.717) is 11.8 Å². The van der Waals surface area contributed by atoms with Gasteiger partial charge in [-0.15, -0.1) is 0 Å². The molecular weight excluding hydrogens is 651 g/mol. The van der Waals surface area contributed by atoms with Crippen LogP contribution in [0, 0.1) is 5.92 Å². The van der Waals surface area contributed by atoms with Crippen LogP contribution >= 0.6 is 0 Å². The Morgan fingerprint density at radius 3 is 1.83 bits per heavy atom. The molecule has 0 spiro atoms. The maximum Gasteiger partial charge on any atom is 0.0465 e. The molecule has 0 radical (unpaired) electrons. The lowest BCUT2D eigenvalue weighted by Crippen LogP contribution is -2.16. The summed E-state index contributed by atoms with van der Waals surface area (Å²) in [5.74, 6) is 0.767. The van der Waals surface area contributed by atoms with Crippen LogP contribution in [0.3, 0.4) is 0 Å². The van der Waals surface area contributed by atoms with Crippen molar-refractivity contribution in [2.75, 3.05) is 4.90 Å².